The molecule has 2 heterocycles. The van der Waals surface area contributed by atoms with Crippen LogP contribution in [0.2, 0.25) is 5.02 Å². The highest BCUT2D eigenvalue weighted by Gasteiger charge is 2.39. The Bertz CT molecular complexity index is 594. The molecule has 1 aromatic rings. The third-order valence-electron chi connectivity index (χ3n) is 4.79. The van der Waals surface area contributed by atoms with E-state index in [2.05, 4.69) is 0 Å². The van der Waals surface area contributed by atoms with Crippen molar-refractivity contribution in [2.45, 2.75) is 31.7 Å². The van der Waals surface area contributed by atoms with Gasteiger partial charge in [0.05, 0.1) is 5.92 Å². The number of nitrogens with two attached hydrogens (primary N) is 1. The maximum Gasteiger partial charge on any atom is 0.228 e. The molecule has 2 aliphatic heterocycles. The smallest absolute Gasteiger partial charge is 0.228 e. The van der Waals surface area contributed by atoms with Crippen LogP contribution in [0.4, 0.5) is 5.69 Å². The third-order valence-corrected chi connectivity index (χ3v) is 5.05. The lowest BCUT2D eigenvalue weighted by atomic mass is 9.98. The van der Waals surface area contributed by atoms with E-state index < -0.39 is 0 Å². The lowest BCUT2D eigenvalue weighted by Gasteiger charge is -2.36. The van der Waals surface area contributed by atoms with Gasteiger partial charge in [0.15, 0.2) is 0 Å². The minimum atomic E-state index is -0.273. The molecular formula is C17H23Cl2N3O2. The molecule has 5 nitrogen and oxygen atoms in total. The molecule has 132 valence electrons. The number of anilines is 1. The monoisotopic (exact) mass is 371 g/mol. The summed E-state index contributed by atoms with van der Waals surface area (Å²) in [6, 6.07) is 7.27. The van der Waals surface area contributed by atoms with Crippen LogP contribution >= 0.6 is 24.0 Å². The van der Waals surface area contributed by atoms with Crippen molar-refractivity contribution in [3.8, 4) is 0 Å². The first-order chi connectivity index (χ1) is 11.1. The molecule has 0 bridgehead atoms. The Kier molecular flexibility index (Phi) is 6.49. The summed E-state index contributed by atoms with van der Waals surface area (Å²) in [5, 5.41) is 0.632. The minimum absolute atomic E-state index is 0. The zero-order valence-corrected chi connectivity index (χ0v) is 15.1. The number of benzene rings is 1. The van der Waals surface area contributed by atoms with Crippen molar-refractivity contribution >= 4 is 41.5 Å². The number of carbonyl (C=O) groups excluding carboxylic acids is 2. The summed E-state index contributed by atoms with van der Waals surface area (Å²) in [5.74, 6) is -0.206. The maximum atomic E-state index is 12.8. The van der Waals surface area contributed by atoms with Gasteiger partial charge in [-0.15, -0.1) is 12.4 Å². The summed E-state index contributed by atoms with van der Waals surface area (Å²) >= 11 is 5.89. The SMILES string of the molecule is Cl.NCC1CCCCN1C(=O)C1CC(=O)N(c2ccc(Cl)cc2)C1. The van der Waals surface area contributed by atoms with Gasteiger partial charge in [-0.1, -0.05) is 11.6 Å². The topological polar surface area (TPSA) is 66.6 Å². The van der Waals surface area contributed by atoms with Crippen LogP contribution in [0, 0.1) is 5.92 Å². The fourth-order valence-corrected chi connectivity index (χ4v) is 3.64. The second kappa shape index (κ2) is 8.19. The molecule has 0 spiro atoms. The van der Waals surface area contributed by atoms with Gasteiger partial charge in [-0.25, -0.2) is 0 Å². The van der Waals surface area contributed by atoms with Crippen LogP contribution in [-0.4, -0.2) is 42.4 Å². The van der Waals surface area contributed by atoms with Crippen LogP contribution in [0.3, 0.4) is 0 Å². The summed E-state index contributed by atoms with van der Waals surface area (Å²) < 4.78 is 0. The normalized spacial score (nSPS) is 24.0. The number of piperidine rings is 1. The van der Waals surface area contributed by atoms with Gasteiger partial charge in [-0.3, -0.25) is 9.59 Å². The van der Waals surface area contributed by atoms with Gasteiger partial charge >= 0.3 is 0 Å². The Morgan fingerprint density at radius 3 is 2.62 bits per heavy atom. The van der Waals surface area contributed by atoms with E-state index in [0.29, 0.717) is 18.1 Å². The van der Waals surface area contributed by atoms with Crippen molar-refractivity contribution in [2.24, 2.45) is 11.7 Å². The molecule has 0 saturated carbocycles. The summed E-state index contributed by atoms with van der Waals surface area (Å²) in [7, 11) is 0. The molecule has 7 heteroatoms. The fraction of sp³-hybridized carbons (Fsp3) is 0.529. The van der Waals surface area contributed by atoms with E-state index in [1.165, 1.54) is 0 Å². The number of hydrogen-bond acceptors (Lipinski definition) is 3. The van der Waals surface area contributed by atoms with Gasteiger partial charge in [0.25, 0.3) is 0 Å². The molecule has 2 N–H and O–H groups in total. The molecule has 2 unspecified atom stereocenters. The van der Waals surface area contributed by atoms with Crippen molar-refractivity contribution < 1.29 is 9.59 Å². The summed E-state index contributed by atoms with van der Waals surface area (Å²) in [4.78, 5) is 28.7. The predicted molar refractivity (Wildman–Crippen MR) is 97.6 cm³/mol. The Morgan fingerprint density at radius 1 is 1.25 bits per heavy atom. The van der Waals surface area contributed by atoms with E-state index in [4.69, 9.17) is 17.3 Å². The Labute approximate surface area is 153 Å². The Morgan fingerprint density at radius 2 is 1.96 bits per heavy atom. The van der Waals surface area contributed by atoms with E-state index in [1.807, 2.05) is 17.0 Å². The van der Waals surface area contributed by atoms with Gasteiger partial charge in [0, 0.05) is 42.8 Å². The number of amides is 2. The molecule has 2 amide bonds. The molecule has 0 aliphatic carbocycles. The quantitative estimate of drug-likeness (QED) is 0.887. The van der Waals surface area contributed by atoms with Gasteiger partial charge in [0.2, 0.25) is 11.8 Å². The van der Waals surface area contributed by atoms with Crippen molar-refractivity contribution in [1.82, 2.24) is 4.90 Å². The third kappa shape index (κ3) is 3.85. The lowest BCUT2D eigenvalue weighted by molar-refractivity contribution is -0.139. The highest BCUT2D eigenvalue weighted by Crippen LogP contribution is 2.29. The second-order valence-electron chi connectivity index (χ2n) is 6.30. The fourth-order valence-electron chi connectivity index (χ4n) is 3.51. The first-order valence-electron chi connectivity index (χ1n) is 8.16. The highest BCUT2D eigenvalue weighted by atomic mass is 35.5. The Hall–Kier alpha value is -1.30. The minimum Gasteiger partial charge on any atom is -0.338 e. The molecule has 0 radical (unpaired) electrons. The molecule has 2 fully saturated rings. The van der Waals surface area contributed by atoms with Gasteiger partial charge in [-0.05, 0) is 43.5 Å². The van der Waals surface area contributed by atoms with Gasteiger partial charge in [0.1, 0.15) is 0 Å². The van der Waals surface area contributed by atoms with E-state index >= 15 is 0 Å². The number of likely N-dealkylation sites (tertiary alicyclic amines) is 1. The van der Waals surface area contributed by atoms with Crippen molar-refractivity contribution in [2.75, 3.05) is 24.5 Å². The van der Waals surface area contributed by atoms with E-state index in [9.17, 15) is 9.59 Å². The Balaban J connectivity index is 0.00000208. The molecule has 2 aliphatic rings. The van der Waals surface area contributed by atoms with Crippen LogP contribution in [-0.2, 0) is 9.59 Å². The molecule has 1 aromatic carbocycles. The summed E-state index contributed by atoms with van der Waals surface area (Å²) in [6.45, 7) is 1.69. The summed E-state index contributed by atoms with van der Waals surface area (Å²) in [6.07, 6.45) is 3.37. The van der Waals surface area contributed by atoms with Crippen LogP contribution in [0.1, 0.15) is 25.7 Å². The molecular weight excluding hydrogens is 349 g/mol. The molecule has 0 aromatic heterocycles. The second-order valence-corrected chi connectivity index (χ2v) is 6.74. The summed E-state index contributed by atoms with van der Waals surface area (Å²) in [5.41, 5.74) is 6.60. The zero-order chi connectivity index (χ0) is 16.4. The lowest BCUT2D eigenvalue weighted by Crippen LogP contribution is -2.50. The zero-order valence-electron chi connectivity index (χ0n) is 13.5. The van der Waals surface area contributed by atoms with E-state index in [0.717, 1.165) is 31.5 Å². The van der Waals surface area contributed by atoms with Crippen LogP contribution < -0.4 is 10.6 Å². The molecule has 2 atom stereocenters. The van der Waals surface area contributed by atoms with Crippen LogP contribution in [0.5, 0.6) is 0 Å². The number of carbonyl (C=O) groups is 2. The van der Waals surface area contributed by atoms with Gasteiger partial charge < -0.3 is 15.5 Å². The number of nitrogens with zero attached hydrogens (tertiary/aromatic N) is 2. The standard InChI is InChI=1S/C17H22ClN3O2.ClH/c18-13-4-6-14(7-5-13)21-11-12(9-16(21)22)17(23)20-8-2-1-3-15(20)10-19;/h4-7,12,15H,1-3,8-11,19H2;1H. The number of hydrogen-bond donors (Lipinski definition) is 1. The average Bonchev–Trinajstić information content (AvgIpc) is 2.96. The average molecular weight is 372 g/mol. The highest BCUT2D eigenvalue weighted by molar-refractivity contribution is 6.30. The van der Waals surface area contributed by atoms with Crippen molar-refractivity contribution in [1.29, 1.82) is 0 Å². The molecule has 2 saturated heterocycles. The number of halogens is 2. The van der Waals surface area contributed by atoms with Crippen LogP contribution in [0.15, 0.2) is 24.3 Å². The molecule has 3 rings (SSSR count). The van der Waals surface area contributed by atoms with Crippen molar-refractivity contribution in [3.63, 3.8) is 0 Å². The maximum absolute atomic E-state index is 12.8. The molecule has 24 heavy (non-hydrogen) atoms. The first-order valence-corrected chi connectivity index (χ1v) is 8.54. The van der Waals surface area contributed by atoms with Gasteiger partial charge in [-0.2, -0.15) is 0 Å². The first kappa shape index (κ1) is 19.0. The van der Waals surface area contributed by atoms with Crippen molar-refractivity contribution in [3.05, 3.63) is 29.3 Å². The van der Waals surface area contributed by atoms with E-state index in [-0.39, 0.29) is 42.6 Å². The largest absolute Gasteiger partial charge is 0.338 e. The predicted octanol–water partition coefficient (Wildman–Crippen LogP) is 2.45. The van der Waals surface area contributed by atoms with E-state index in [1.54, 1.807) is 17.0 Å². The van der Waals surface area contributed by atoms with Crippen LogP contribution in [0.25, 0.3) is 0 Å². The number of rotatable bonds is 3.